The van der Waals surface area contributed by atoms with E-state index in [9.17, 15) is 4.79 Å². The van der Waals surface area contributed by atoms with E-state index in [1.807, 2.05) is 13.8 Å². The second-order valence-corrected chi connectivity index (χ2v) is 4.63. The minimum Gasteiger partial charge on any atom is -0.338 e. The lowest BCUT2D eigenvalue weighted by Gasteiger charge is -2.22. The maximum Gasteiger partial charge on any atom is 0.253 e. The number of fused-ring (bicyclic) bond motifs is 1. The Bertz CT molecular complexity index is 662. The first-order valence-electron chi connectivity index (χ1n) is 6.55. The average Bonchev–Trinajstić information content (AvgIpc) is 2.51. The summed E-state index contributed by atoms with van der Waals surface area (Å²) in [4.78, 5) is 22.5. The van der Waals surface area contributed by atoms with Crippen molar-refractivity contribution in [2.75, 3.05) is 13.1 Å². The van der Waals surface area contributed by atoms with Gasteiger partial charge in [-0.2, -0.15) is 5.26 Å². The number of hydrogen-bond acceptors (Lipinski definition) is 4. The first-order chi connectivity index (χ1) is 9.65. The van der Waals surface area contributed by atoms with Gasteiger partial charge in [-0.05, 0) is 32.0 Å². The highest BCUT2D eigenvalue weighted by Crippen LogP contribution is 2.13. The van der Waals surface area contributed by atoms with Crippen LogP contribution in [0.15, 0.2) is 30.6 Å². The molecule has 5 nitrogen and oxygen atoms in total. The van der Waals surface area contributed by atoms with Crippen LogP contribution >= 0.6 is 0 Å². The number of carbonyl (C=O) groups excluding carboxylic acids is 1. The summed E-state index contributed by atoms with van der Waals surface area (Å²) < 4.78 is 0. The fourth-order valence-electron chi connectivity index (χ4n) is 2.01. The summed E-state index contributed by atoms with van der Waals surface area (Å²) in [5.74, 6) is -0.263. The first-order valence-corrected chi connectivity index (χ1v) is 6.55. The first kappa shape index (κ1) is 13.9. The number of carbonyl (C=O) groups is 1. The molecule has 1 amide bonds. The molecule has 20 heavy (non-hydrogen) atoms. The van der Waals surface area contributed by atoms with Gasteiger partial charge >= 0.3 is 0 Å². The molecule has 0 spiro atoms. The van der Waals surface area contributed by atoms with E-state index in [2.05, 4.69) is 16.0 Å². The highest BCUT2D eigenvalue weighted by Gasteiger charge is 2.17. The average molecular weight is 268 g/mol. The van der Waals surface area contributed by atoms with Crippen LogP contribution in [-0.4, -0.2) is 33.9 Å². The van der Waals surface area contributed by atoms with Crippen molar-refractivity contribution in [2.45, 2.75) is 13.8 Å². The molecule has 1 heterocycles. The van der Waals surface area contributed by atoms with E-state index < -0.39 is 0 Å². The molecule has 5 heteroatoms. The fraction of sp³-hybridized carbons (Fsp3) is 0.333. The molecule has 0 saturated heterocycles. The van der Waals surface area contributed by atoms with E-state index >= 15 is 0 Å². The molecular weight excluding hydrogens is 252 g/mol. The van der Waals surface area contributed by atoms with Gasteiger partial charge in [-0.25, -0.2) is 0 Å². The molecule has 2 aromatic rings. The zero-order chi connectivity index (χ0) is 14.5. The summed E-state index contributed by atoms with van der Waals surface area (Å²) in [5, 5.41) is 8.87. The van der Waals surface area contributed by atoms with E-state index in [-0.39, 0.29) is 11.8 Å². The van der Waals surface area contributed by atoms with Gasteiger partial charge in [0.05, 0.1) is 23.0 Å². The second kappa shape index (κ2) is 6.11. The Kier molecular flexibility index (Phi) is 4.26. The smallest absolute Gasteiger partial charge is 0.253 e. The van der Waals surface area contributed by atoms with E-state index in [1.165, 1.54) is 0 Å². The normalized spacial score (nSPS) is 11.8. The summed E-state index contributed by atoms with van der Waals surface area (Å²) in [6.45, 7) is 4.72. The summed E-state index contributed by atoms with van der Waals surface area (Å²) in [6, 6.07) is 7.43. The van der Waals surface area contributed by atoms with Gasteiger partial charge < -0.3 is 4.90 Å². The number of aromatic nitrogens is 2. The molecule has 1 atom stereocenters. The second-order valence-electron chi connectivity index (χ2n) is 4.63. The predicted molar refractivity (Wildman–Crippen MR) is 75.9 cm³/mol. The van der Waals surface area contributed by atoms with Crippen molar-refractivity contribution in [3.8, 4) is 6.07 Å². The number of benzene rings is 1. The van der Waals surface area contributed by atoms with Gasteiger partial charge in [-0.3, -0.25) is 14.8 Å². The molecule has 0 radical (unpaired) electrons. The standard InChI is InChI=1S/C15H16N4O/c1-3-19(10-11(2)9-16)15(20)12-4-5-13-14(8-12)18-7-6-17-13/h4-8,11H,3,10H2,1-2H3. The Morgan fingerprint density at radius 3 is 2.70 bits per heavy atom. The van der Waals surface area contributed by atoms with Crippen LogP contribution in [0.4, 0.5) is 0 Å². The Morgan fingerprint density at radius 2 is 2.05 bits per heavy atom. The van der Waals surface area contributed by atoms with Crippen LogP contribution < -0.4 is 0 Å². The van der Waals surface area contributed by atoms with Crippen LogP contribution in [0.1, 0.15) is 24.2 Å². The molecule has 2 rings (SSSR count). The fourth-order valence-corrected chi connectivity index (χ4v) is 2.01. The number of amides is 1. The van der Waals surface area contributed by atoms with Crippen molar-refractivity contribution in [3.05, 3.63) is 36.2 Å². The summed E-state index contributed by atoms with van der Waals surface area (Å²) >= 11 is 0. The van der Waals surface area contributed by atoms with Crippen LogP contribution in [0.3, 0.4) is 0 Å². The topological polar surface area (TPSA) is 69.9 Å². The number of rotatable bonds is 4. The lowest BCUT2D eigenvalue weighted by atomic mass is 10.1. The predicted octanol–water partition coefficient (Wildman–Crippen LogP) is 2.25. The van der Waals surface area contributed by atoms with Crippen LogP contribution in [0.2, 0.25) is 0 Å². The molecule has 0 aliphatic carbocycles. The van der Waals surface area contributed by atoms with Crippen LogP contribution in [0.5, 0.6) is 0 Å². The highest BCUT2D eigenvalue weighted by molar-refractivity contribution is 5.97. The molecular formula is C15H16N4O. The molecule has 0 aliphatic heterocycles. The van der Waals surface area contributed by atoms with Gasteiger partial charge in [0.2, 0.25) is 0 Å². The molecule has 0 saturated carbocycles. The third kappa shape index (κ3) is 2.91. The molecule has 0 aliphatic rings. The van der Waals surface area contributed by atoms with Crippen molar-refractivity contribution >= 4 is 16.9 Å². The maximum absolute atomic E-state index is 12.4. The number of nitrogens with zero attached hydrogens (tertiary/aromatic N) is 4. The van der Waals surface area contributed by atoms with E-state index in [0.29, 0.717) is 24.2 Å². The highest BCUT2D eigenvalue weighted by atomic mass is 16.2. The maximum atomic E-state index is 12.4. The molecule has 1 aromatic heterocycles. The molecule has 0 bridgehead atoms. The third-order valence-corrected chi connectivity index (χ3v) is 3.10. The monoisotopic (exact) mass is 268 g/mol. The van der Waals surface area contributed by atoms with Gasteiger partial charge in [-0.1, -0.05) is 0 Å². The van der Waals surface area contributed by atoms with Crippen molar-refractivity contribution in [2.24, 2.45) is 5.92 Å². The Morgan fingerprint density at radius 1 is 1.35 bits per heavy atom. The minimum atomic E-state index is -0.181. The van der Waals surface area contributed by atoms with Crippen molar-refractivity contribution in [3.63, 3.8) is 0 Å². The van der Waals surface area contributed by atoms with E-state index in [1.54, 1.807) is 35.5 Å². The van der Waals surface area contributed by atoms with E-state index in [0.717, 1.165) is 5.52 Å². The Labute approximate surface area is 117 Å². The van der Waals surface area contributed by atoms with Crippen LogP contribution in [0.25, 0.3) is 11.0 Å². The number of nitriles is 1. The van der Waals surface area contributed by atoms with Gasteiger partial charge in [0.1, 0.15) is 0 Å². The van der Waals surface area contributed by atoms with Crippen LogP contribution in [0, 0.1) is 17.2 Å². The Hall–Kier alpha value is -2.48. The summed E-state index contributed by atoms with van der Waals surface area (Å²) in [5.41, 5.74) is 2.03. The number of hydrogen-bond donors (Lipinski definition) is 0. The SMILES string of the molecule is CCN(CC(C)C#N)C(=O)c1ccc2nccnc2c1. The lowest BCUT2D eigenvalue weighted by Crippen LogP contribution is -2.34. The van der Waals surface area contributed by atoms with Crippen molar-refractivity contribution in [1.82, 2.24) is 14.9 Å². The van der Waals surface area contributed by atoms with Gasteiger partial charge in [0, 0.05) is 31.0 Å². The molecule has 102 valence electrons. The van der Waals surface area contributed by atoms with Crippen molar-refractivity contribution in [1.29, 1.82) is 5.26 Å². The molecule has 1 aromatic carbocycles. The zero-order valence-electron chi connectivity index (χ0n) is 11.6. The Balaban J connectivity index is 2.27. The largest absolute Gasteiger partial charge is 0.338 e. The zero-order valence-corrected chi connectivity index (χ0v) is 11.6. The minimum absolute atomic E-state index is 0.0813. The molecule has 1 unspecified atom stereocenters. The quantitative estimate of drug-likeness (QED) is 0.852. The summed E-state index contributed by atoms with van der Waals surface area (Å²) in [6.07, 6.45) is 3.22. The van der Waals surface area contributed by atoms with Crippen LogP contribution in [-0.2, 0) is 0 Å². The third-order valence-electron chi connectivity index (χ3n) is 3.10. The lowest BCUT2D eigenvalue weighted by molar-refractivity contribution is 0.0753. The molecule has 0 N–H and O–H groups in total. The van der Waals surface area contributed by atoms with Gasteiger partial charge in [-0.15, -0.1) is 0 Å². The van der Waals surface area contributed by atoms with E-state index in [4.69, 9.17) is 5.26 Å². The van der Waals surface area contributed by atoms with Gasteiger partial charge in [0.25, 0.3) is 5.91 Å². The van der Waals surface area contributed by atoms with Crippen molar-refractivity contribution < 1.29 is 4.79 Å². The summed E-state index contributed by atoms with van der Waals surface area (Å²) in [7, 11) is 0. The van der Waals surface area contributed by atoms with Gasteiger partial charge in [0.15, 0.2) is 0 Å². The molecule has 0 fully saturated rings.